The number of nitrogens with zero attached hydrogens (tertiary/aromatic N) is 1. The van der Waals surface area contributed by atoms with Gasteiger partial charge >= 0.3 is 18.0 Å². The molecule has 0 aliphatic carbocycles. The van der Waals surface area contributed by atoms with Gasteiger partial charge in [-0.15, -0.1) is 0 Å². The summed E-state index contributed by atoms with van der Waals surface area (Å²) >= 11 is 0. The summed E-state index contributed by atoms with van der Waals surface area (Å²) in [6, 6.07) is -0.306. The normalized spacial score (nSPS) is 15.8. The molecule has 0 bridgehead atoms. The number of aliphatic carboxylic acids is 1. The molecule has 0 radical (unpaired) electrons. The summed E-state index contributed by atoms with van der Waals surface area (Å²) in [5.74, 6) is -1.38. The number of hydrogen-bond donors (Lipinski definition) is 2. The number of piperidine rings is 1. The van der Waals surface area contributed by atoms with E-state index in [1.54, 1.807) is 4.90 Å². The fourth-order valence-electron chi connectivity index (χ4n) is 1.87. The van der Waals surface area contributed by atoms with Gasteiger partial charge in [0.2, 0.25) is 0 Å². The number of esters is 1. The van der Waals surface area contributed by atoms with Crippen molar-refractivity contribution in [2.24, 2.45) is 0 Å². The van der Waals surface area contributed by atoms with Crippen LogP contribution in [0.5, 0.6) is 0 Å². The van der Waals surface area contributed by atoms with Crippen molar-refractivity contribution in [2.75, 3.05) is 33.4 Å². The van der Waals surface area contributed by atoms with Gasteiger partial charge in [0, 0.05) is 13.1 Å². The third kappa shape index (κ3) is 5.87. The monoisotopic (exact) mass is 288 g/mol. The minimum atomic E-state index is -0.885. The molecule has 2 amide bonds. The average molecular weight is 288 g/mol. The van der Waals surface area contributed by atoms with Gasteiger partial charge in [0.05, 0.1) is 26.2 Å². The van der Waals surface area contributed by atoms with E-state index in [1.807, 2.05) is 0 Å². The number of amides is 2. The molecule has 1 heterocycles. The van der Waals surface area contributed by atoms with Crippen LogP contribution in [-0.4, -0.2) is 67.4 Å². The number of rotatable bonds is 6. The minimum Gasteiger partial charge on any atom is -0.481 e. The van der Waals surface area contributed by atoms with Crippen molar-refractivity contribution in [3.8, 4) is 0 Å². The summed E-state index contributed by atoms with van der Waals surface area (Å²) in [5, 5.41) is 11.0. The van der Waals surface area contributed by atoms with E-state index in [2.05, 4.69) is 10.1 Å². The van der Waals surface area contributed by atoms with Crippen LogP contribution in [0, 0.1) is 0 Å². The molecule has 20 heavy (non-hydrogen) atoms. The maximum atomic E-state index is 11.7. The van der Waals surface area contributed by atoms with Crippen LogP contribution in [0.25, 0.3) is 0 Å². The van der Waals surface area contributed by atoms with E-state index < -0.39 is 11.9 Å². The standard InChI is InChI=1S/C12H20N2O6/c1-19-11(17)8-13-12(18)14-5-2-9(3-6-14)20-7-4-10(15)16/h9H,2-8H2,1H3,(H,13,18)(H,15,16). The van der Waals surface area contributed by atoms with Gasteiger partial charge in [0.25, 0.3) is 0 Å². The highest BCUT2D eigenvalue weighted by Gasteiger charge is 2.23. The minimum absolute atomic E-state index is 0.0141. The van der Waals surface area contributed by atoms with Crippen molar-refractivity contribution in [3.63, 3.8) is 0 Å². The first-order valence-electron chi connectivity index (χ1n) is 6.46. The predicted molar refractivity (Wildman–Crippen MR) is 68.2 cm³/mol. The number of carbonyl (C=O) groups is 3. The molecule has 1 fully saturated rings. The molecule has 8 nitrogen and oxygen atoms in total. The van der Waals surface area contributed by atoms with Crippen molar-refractivity contribution in [1.82, 2.24) is 10.2 Å². The third-order valence-electron chi connectivity index (χ3n) is 3.01. The summed E-state index contributed by atoms with van der Waals surface area (Å²) in [6.45, 7) is 1.08. The first-order chi connectivity index (χ1) is 9.52. The van der Waals surface area contributed by atoms with Crippen LogP contribution in [-0.2, 0) is 19.1 Å². The average Bonchev–Trinajstić information content (AvgIpc) is 2.44. The van der Waals surface area contributed by atoms with Crippen LogP contribution in [0.2, 0.25) is 0 Å². The molecule has 0 atom stereocenters. The molecule has 0 aromatic heterocycles. The zero-order valence-corrected chi connectivity index (χ0v) is 11.5. The van der Waals surface area contributed by atoms with Crippen LogP contribution in [0.3, 0.4) is 0 Å². The fraction of sp³-hybridized carbons (Fsp3) is 0.750. The molecule has 0 spiro atoms. The van der Waals surface area contributed by atoms with Gasteiger partial charge in [-0.1, -0.05) is 0 Å². The summed E-state index contributed by atoms with van der Waals surface area (Å²) < 4.78 is 9.85. The maximum absolute atomic E-state index is 11.7. The number of carboxylic acid groups (broad SMARTS) is 1. The van der Waals surface area contributed by atoms with Crippen molar-refractivity contribution in [3.05, 3.63) is 0 Å². The van der Waals surface area contributed by atoms with Crippen molar-refractivity contribution >= 4 is 18.0 Å². The molecule has 8 heteroatoms. The van der Waals surface area contributed by atoms with E-state index in [1.165, 1.54) is 7.11 Å². The Morgan fingerprint density at radius 1 is 1.30 bits per heavy atom. The van der Waals surface area contributed by atoms with Crippen LogP contribution < -0.4 is 5.32 Å². The molecule has 0 unspecified atom stereocenters. The van der Waals surface area contributed by atoms with Gasteiger partial charge in [0.15, 0.2) is 0 Å². The van der Waals surface area contributed by atoms with Crippen LogP contribution in [0.4, 0.5) is 4.79 Å². The second-order valence-corrected chi connectivity index (χ2v) is 4.44. The Hall–Kier alpha value is -1.83. The van der Waals surface area contributed by atoms with Crippen molar-refractivity contribution in [1.29, 1.82) is 0 Å². The number of methoxy groups -OCH3 is 1. The predicted octanol–water partition coefficient (Wildman–Crippen LogP) is -0.175. The Morgan fingerprint density at radius 3 is 2.50 bits per heavy atom. The number of urea groups is 1. The van der Waals surface area contributed by atoms with Crippen LogP contribution in [0.15, 0.2) is 0 Å². The smallest absolute Gasteiger partial charge is 0.325 e. The van der Waals surface area contributed by atoms with E-state index in [4.69, 9.17) is 9.84 Å². The van der Waals surface area contributed by atoms with Crippen molar-refractivity contribution in [2.45, 2.75) is 25.4 Å². The molecule has 1 saturated heterocycles. The summed E-state index contributed by atoms with van der Waals surface area (Å²) in [5.41, 5.74) is 0. The van der Waals surface area contributed by atoms with E-state index in [0.29, 0.717) is 25.9 Å². The zero-order chi connectivity index (χ0) is 15.0. The summed E-state index contributed by atoms with van der Waals surface area (Å²) in [6.07, 6.45) is 1.29. The van der Waals surface area contributed by atoms with E-state index in [0.717, 1.165) is 0 Å². The first kappa shape index (κ1) is 16.2. The van der Waals surface area contributed by atoms with Gasteiger partial charge in [-0.25, -0.2) is 4.79 Å². The molecule has 0 aromatic carbocycles. The second kappa shape index (κ2) is 8.36. The van der Waals surface area contributed by atoms with E-state index >= 15 is 0 Å². The molecule has 1 rings (SSSR count). The molecule has 0 aromatic rings. The Kier molecular flexibility index (Phi) is 6.78. The second-order valence-electron chi connectivity index (χ2n) is 4.44. The van der Waals surface area contributed by atoms with Gasteiger partial charge < -0.3 is 24.8 Å². The summed E-state index contributed by atoms with van der Waals surface area (Å²) in [7, 11) is 1.26. The maximum Gasteiger partial charge on any atom is 0.325 e. The molecular formula is C12H20N2O6. The number of carbonyl (C=O) groups excluding carboxylic acids is 2. The van der Waals surface area contributed by atoms with Gasteiger partial charge in [-0.05, 0) is 12.8 Å². The molecular weight excluding hydrogens is 268 g/mol. The van der Waals surface area contributed by atoms with E-state index in [-0.39, 0.29) is 31.7 Å². The molecule has 1 aliphatic heterocycles. The number of ether oxygens (including phenoxy) is 2. The lowest BCUT2D eigenvalue weighted by molar-refractivity contribution is -0.140. The highest BCUT2D eigenvalue weighted by atomic mass is 16.5. The molecule has 1 aliphatic rings. The SMILES string of the molecule is COC(=O)CNC(=O)N1CCC(OCCC(=O)O)CC1. The Balaban J connectivity index is 2.19. The zero-order valence-electron chi connectivity index (χ0n) is 11.5. The quantitative estimate of drug-likeness (QED) is 0.657. The van der Waals surface area contributed by atoms with Gasteiger partial charge in [-0.3, -0.25) is 9.59 Å². The van der Waals surface area contributed by atoms with Gasteiger partial charge in [0.1, 0.15) is 6.54 Å². The molecule has 0 saturated carbocycles. The number of hydrogen-bond acceptors (Lipinski definition) is 5. The number of nitrogens with one attached hydrogen (secondary N) is 1. The molecule has 2 N–H and O–H groups in total. The number of likely N-dealkylation sites (tertiary alicyclic amines) is 1. The summed E-state index contributed by atoms with van der Waals surface area (Å²) in [4.78, 5) is 34.6. The lowest BCUT2D eigenvalue weighted by Gasteiger charge is -2.31. The van der Waals surface area contributed by atoms with E-state index in [9.17, 15) is 14.4 Å². The first-order valence-corrected chi connectivity index (χ1v) is 6.46. The topological polar surface area (TPSA) is 105 Å². The largest absolute Gasteiger partial charge is 0.481 e. The molecule has 114 valence electrons. The number of carboxylic acids is 1. The lowest BCUT2D eigenvalue weighted by Crippen LogP contribution is -2.47. The third-order valence-corrected chi connectivity index (χ3v) is 3.01. The Labute approximate surface area is 117 Å². The van der Waals surface area contributed by atoms with Crippen LogP contribution >= 0.6 is 0 Å². The van der Waals surface area contributed by atoms with Crippen LogP contribution in [0.1, 0.15) is 19.3 Å². The highest BCUT2D eigenvalue weighted by molar-refractivity contribution is 5.80. The van der Waals surface area contributed by atoms with Crippen molar-refractivity contribution < 1.29 is 29.0 Å². The lowest BCUT2D eigenvalue weighted by atomic mass is 10.1. The fourth-order valence-corrected chi connectivity index (χ4v) is 1.87. The Morgan fingerprint density at radius 2 is 1.95 bits per heavy atom. The Bertz CT molecular complexity index is 352. The highest BCUT2D eigenvalue weighted by Crippen LogP contribution is 2.13. The van der Waals surface area contributed by atoms with Gasteiger partial charge in [-0.2, -0.15) is 0 Å².